The molecule has 26 heavy (non-hydrogen) atoms. The number of ketones is 1. The Balaban J connectivity index is 1.86. The predicted molar refractivity (Wildman–Crippen MR) is 97.9 cm³/mol. The number of Topliss-reactive ketones (excluding diaryl/α,β-unsaturated/α-hetero) is 1. The van der Waals surface area contributed by atoms with Gasteiger partial charge in [-0.2, -0.15) is 0 Å². The van der Waals surface area contributed by atoms with Gasteiger partial charge < -0.3 is 14.9 Å². The molecule has 0 aliphatic heterocycles. The van der Waals surface area contributed by atoms with E-state index < -0.39 is 17.9 Å². The molecular formula is C20H15ClO5. The van der Waals surface area contributed by atoms with E-state index in [-0.39, 0.29) is 17.1 Å². The number of hydrogen-bond acceptors (Lipinski definition) is 5. The zero-order chi connectivity index (χ0) is 18.8. The Morgan fingerprint density at radius 1 is 1.00 bits per heavy atom. The summed E-state index contributed by atoms with van der Waals surface area (Å²) in [6.07, 6.45) is -1.07. The van der Waals surface area contributed by atoms with Crippen molar-refractivity contribution in [1.29, 1.82) is 0 Å². The lowest BCUT2D eigenvalue weighted by atomic mass is 10.0. The van der Waals surface area contributed by atoms with E-state index in [9.17, 15) is 19.8 Å². The van der Waals surface area contributed by atoms with Crippen LogP contribution >= 0.6 is 11.6 Å². The number of fused-ring (bicyclic) bond motifs is 1. The number of halogens is 1. The van der Waals surface area contributed by atoms with Crippen LogP contribution in [0.4, 0.5) is 0 Å². The largest absolute Gasteiger partial charge is 0.507 e. The van der Waals surface area contributed by atoms with Crippen molar-refractivity contribution in [3.05, 3.63) is 70.7 Å². The van der Waals surface area contributed by atoms with Crippen molar-refractivity contribution in [2.45, 2.75) is 13.0 Å². The lowest BCUT2D eigenvalue weighted by Gasteiger charge is -2.14. The highest BCUT2D eigenvalue weighted by Gasteiger charge is 2.24. The molecule has 0 fully saturated rings. The molecule has 5 nitrogen and oxygen atoms in total. The average Bonchev–Trinajstić information content (AvgIpc) is 2.64. The molecule has 6 heteroatoms. The highest BCUT2D eigenvalue weighted by molar-refractivity contribution is 6.30. The van der Waals surface area contributed by atoms with Gasteiger partial charge in [-0.1, -0.05) is 35.9 Å². The molecule has 3 aromatic rings. The Morgan fingerprint density at radius 3 is 2.27 bits per heavy atom. The molecule has 0 unspecified atom stereocenters. The lowest BCUT2D eigenvalue weighted by Crippen LogP contribution is -2.24. The van der Waals surface area contributed by atoms with Crippen LogP contribution < -0.4 is 0 Å². The Kier molecular flexibility index (Phi) is 4.82. The molecule has 0 bridgehead atoms. The second-order valence-electron chi connectivity index (χ2n) is 5.76. The van der Waals surface area contributed by atoms with E-state index in [1.165, 1.54) is 19.1 Å². The summed E-state index contributed by atoms with van der Waals surface area (Å²) in [6.45, 7) is 1.44. The zero-order valence-corrected chi connectivity index (χ0v) is 14.5. The summed E-state index contributed by atoms with van der Waals surface area (Å²) in [7, 11) is 0. The van der Waals surface area contributed by atoms with E-state index in [1.54, 1.807) is 36.4 Å². The number of rotatable bonds is 4. The minimum Gasteiger partial charge on any atom is -0.507 e. The van der Waals surface area contributed by atoms with Crippen LogP contribution in [0.1, 0.15) is 27.6 Å². The topological polar surface area (TPSA) is 83.8 Å². The number of phenolic OH excluding ortho intramolecular Hbond substituents is 2. The van der Waals surface area contributed by atoms with Crippen molar-refractivity contribution in [2.24, 2.45) is 0 Å². The molecule has 3 aromatic carbocycles. The first-order valence-electron chi connectivity index (χ1n) is 7.83. The molecule has 0 aliphatic carbocycles. The van der Waals surface area contributed by atoms with Gasteiger partial charge in [0.05, 0.1) is 0 Å². The maximum Gasteiger partial charge on any atom is 0.342 e. The SMILES string of the molecule is C[C@H](OC(=O)c1cc(O)c2ccccc2c1O)C(=O)c1ccc(Cl)cc1. The van der Waals surface area contributed by atoms with Crippen LogP contribution in [0.2, 0.25) is 5.02 Å². The minimum atomic E-state index is -1.07. The summed E-state index contributed by atoms with van der Waals surface area (Å²) in [5.74, 6) is -1.78. The number of esters is 1. The van der Waals surface area contributed by atoms with Crippen LogP contribution in [-0.2, 0) is 4.74 Å². The normalized spacial score (nSPS) is 11.9. The number of carbonyl (C=O) groups is 2. The van der Waals surface area contributed by atoms with E-state index in [0.717, 1.165) is 6.07 Å². The van der Waals surface area contributed by atoms with Gasteiger partial charge in [-0.15, -0.1) is 0 Å². The first-order valence-corrected chi connectivity index (χ1v) is 8.20. The van der Waals surface area contributed by atoms with Crippen LogP contribution in [0.15, 0.2) is 54.6 Å². The van der Waals surface area contributed by atoms with Crippen LogP contribution in [0.5, 0.6) is 11.5 Å². The highest BCUT2D eigenvalue weighted by Crippen LogP contribution is 2.35. The Labute approximate surface area is 154 Å². The van der Waals surface area contributed by atoms with E-state index in [1.807, 2.05) is 0 Å². The number of phenols is 2. The van der Waals surface area contributed by atoms with Gasteiger partial charge in [-0.25, -0.2) is 4.79 Å². The van der Waals surface area contributed by atoms with Gasteiger partial charge in [-0.3, -0.25) is 4.79 Å². The predicted octanol–water partition coefficient (Wildman–Crippen LogP) is 4.33. The monoisotopic (exact) mass is 370 g/mol. The second kappa shape index (κ2) is 7.06. The second-order valence-corrected chi connectivity index (χ2v) is 6.19. The molecule has 0 heterocycles. The van der Waals surface area contributed by atoms with Gasteiger partial charge >= 0.3 is 5.97 Å². The molecule has 3 rings (SSSR count). The van der Waals surface area contributed by atoms with E-state index in [4.69, 9.17) is 16.3 Å². The third-order valence-corrected chi connectivity index (χ3v) is 4.25. The molecule has 2 N–H and O–H groups in total. The van der Waals surface area contributed by atoms with Gasteiger partial charge in [0, 0.05) is 21.4 Å². The van der Waals surface area contributed by atoms with Gasteiger partial charge in [0.2, 0.25) is 5.78 Å². The standard InChI is InChI=1S/C20H15ClO5/c1-11(18(23)12-6-8-13(21)9-7-12)26-20(25)16-10-17(22)14-4-2-3-5-15(14)19(16)24/h2-11,22,24H,1H3/t11-/m0/s1. The Bertz CT molecular complexity index is 995. The number of ether oxygens (including phenoxy) is 1. The van der Waals surface area contributed by atoms with E-state index in [2.05, 4.69) is 0 Å². The molecule has 0 amide bonds. The summed E-state index contributed by atoms with van der Waals surface area (Å²) >= 11 is 5.79. The molecular weight excluding hydrogens is 356 g/mol. The van der Waals surface area contributed by atoms with E-state index >= 15 is 0 Å². The smallest absolute Gasteiger partial charge is 0.342 e. The lowest BCUT2D eigenvalue weighted by molar-refractivity contribution is 0.0316. The summed E-state index contributed by atoms with van der Waals surface area (Å²) in [5, 5.41) is 21.6. The highest BCUT2D eigenvalue weighted by atomic mass is 35.5. The van der Waals surface area contributed by atoms with Crippen molar-refractivity contribution >= 4 is 34.1 Å². The maximum absolute atomic E-state index is 12.4. The van der Waals surface area contributed by atoms with Crippen LogP contribution in [0.25, 0.3) is 10.8 Å². The zero-order valence-electron chi connectivity index (χ0n) is 13.8. The summed E-state index contributed by atoms with van der Waals surface area (Å²) < 4.78 is 5.18. The Hall–Kier alpha value is -3.05. The number of aromatic hydroxyl groups is 2. The van der Waals surface area contributed by atoms with Gasteiger partial charge in [-0.05, 0) is 37.3 Å². The van der Waals surface area contributed by atoms with Crippen LogP contribution in [0.3, 0.4) is 0 Å². The number of carbonyl (C=O) groups excluding carboxylic acids is 2. The van der Waals surface area contributed by atoms with Crippen molar-refractivity contribution in [2.75, 3.05) is 0 Å². The van der Waals surface area contributed by atoms with Crippen molar-refractivity contribution < 1.29 is 24.5 Å². The van der Waals surface area contributed by atoms with Crippen molar-refractivity contribution in [3.63, 3.8) is 0 Å². The van der Waals surface area contributed by atoms with Gasteiger partial charge in [0.25, 0.3) is 0 Å². The molecule has 0 radical (unpaired) electrons. The Morgan fingerprint density at radius 2 is 1.62 bits per heavy atom. The molecule has 1 atom stereocenters. The summed E-state index contributed by atoms with van der Waals surface area (Å²) in [6, 6.07) is 13.9. The fraction of sp³-hybridized carbons (Fsp3) is 0.100. The fourth-order valence-corrected chi connectivity index (χ4v) is 2.75. The molecule has 0 spiro atoms. The van der Waals surface area contributed by atoms with Crippen molar-refractivity contribution in [3.8, 4) is 11.5 Å². The van der Waals surface area contributed by atoms with E-state index in [0.29, 0.717) is 21.4 Å². The number of benzene rings is 3. The molecule has 132 valence electrons. The first kappa shape index (κ1) is 17.8. The minimum absolute atomic E-state index is 0.165. The molecule has 0 aliphatic rings. The first-order chi connectivity index (χ1) is 12.4. The van der Waals surface area contributed by atoms with Crippen LogP contribution in [-0.4, -0.2) is 28.1 Å². The molecule has 0 saturated heterocycles. The third-order valence-electron chi connectivity index (χ3n) is 4.00. The number of hydrogen-bond donors (Lipinski definition) is 2. The summed E-state index contributed by atoms with van der Waals surface area (Å²) in [5.41, 5.74) is 0.136. The van der Waals surface area contributed by atoms with Crippen LogP contribution in [0, 0.1) is 0 Å². The maximum atomic E-state index is 12.4. The average molecular weight is 371 g/mol. The quantitative estimate of drug-likeness (QED) is 0.405. The fourth-order valence-electron chi connectivity index (χ4n) is 2.62. The summed E-state index contributed by atoms with van der Waals surface area (Å²) in [4.78, 5) is 24.7. The van der Waals surface area contributed by atoms with Gasteiger partial charge in [0.1, 0.15) is 17.1 Å². The molecule has 0 aromatic heterocycles. The van der Waals surface area contributed by atoms with Crippen molar-refractivity contribution in [1.82, 2.24) is 0 Å². The molecule has 0 saturated carbocycles. The van der Waals surface area contributed by atoms with Gasteiger partial charge in [0.15, 0.2) is 6.10 Å². The third kappa shape index (κ3) is 3.34.